The molecule has 35 heavy (non-hydrogen) atoms. The first-order valence-electron chi connectivity index (χ1n) is 11.9. The van der Waals surface area contributed by atoms with Gasteiger partial charge >= 0.3 is 0 Å². The Bertz CT molecular complexity index is 1280. The standard InChI is InChI=1S/C27H32N6O2/c1-17(2)25-30-16-20(32-25)13-24(27(35)31-14-18-8-4-3-5-9-18)33-26(34)22(28)12-19-15-29-23-11-7-6-10-21(19)23/h3-11,15-17,22,24,29H,12-14,28H2,1-2H3,(H,30,32)(H,31,35)(H,33,34)/t22-,24-/m0/s1. The molecule has 8 nitrogen and oxygen atoms in total. The molecule has 0 bridgehead atoms. The van der Waals surface area contributed by atoms with Crippen molar-refractivity contribution < 1.29 is 9.59 Å². The number of carbonyl (C=O) groups excluding carboxylic acids is 2. The molecular formula is C27H32N6O2. The molecular weight excluding hydrogens is 440 g/mol. The van der Waals surface area contributed by atoms with Crippen molar-refractivity contribution in [3.8, 4) is 0 Å². The van der Waals surface area contributed by atoms with Crippen LogP contribution in [-0.2, 0) is 29.0 Å². The average molecular weight is 473 g/mol. The summed E-state index contributed by atoms with van der Waals surface area (Å²) >= 11 is 0. The minimum atomic E-state index is -0.799. The molecule has 0 fully saturated rings. The van der Waals surface area contributed by atoms with Gasteiger partial charge < -0.3 is 26.3 Å². The van der Waals surface area contributed by atoms with E-state index in [1.165, 1.54) is 0 Å². The van der Waals surface area contributed by atoms with Crippen molar-refractivity contribution in [3.05, 3.63) is 89.6 Å². The maximum Gasteiger partial charge on any atom is 0.243 e. The van der Waals surface area contributed by atoms with Crippen molar-refractivity contribution in [1.82, 2.24) is 25.6 Å². The summed E-state index contributed by atoms with van der Waals surface area (Å²) in [5.74, 6) is 0.417. The van der Waals surface area contributed by atoms with Crippen LogP contribution in [0.15, 0.2) is 67.0 Å². The number of hydrogen-bond donors (Lipinski definition) is 5. The molecule has 0 saturated carbocycles. The topological polar surface area (TPSA) is 129 Å². The fourth-order valence-corrected chi connectivity index (χ4v) is 4.02. The monoisotopic (exact) mass is 472 g/mol. The summed E-state index contributed by atoms with van der Waals surface area (Å²) < 4.78 is 0. The molecule has 0 spiro atoms. The van der Waals surface area contributed by atoms with E-state index >= 15 is 0 Å². The van der Waals surface area contributed by atoms with Crippen LogP contribution in [0.4, 0.5) is 0 Å². The van der Waals surface area contributed by atoms with E-state index in [-0.39, 0.29) is 24.2 Å². The zero-order chi connectivity index (χ0) is 24.8. The van der Waals surface area contributed by atoms with Crippen LogP contribution < -0.4 is 16.4 Å². The van der Waals surface area contributed by atoms with E-state index < -0.39 is 12.1 Å². The van der Waals surface area contributed by atoms with E-state index in [0.29, 0.717) is 13.0 Å². The number of para-hydroxylation sites is 1. The Morgan fingerprint density at radius 3 is 2.49 bits per heavy atom. The number of nitrogens with one attached hydrogen (secondary N) is 4. The minimum absolute atomic E-state index is 0.230. The van der Waals surface area contributed by atoms with Crippen molar-refractivity contribution >= 4 is 22.7 Å². The largest absolute Gasteiger partial charge is 0.361 e. The van der Waals surface area contributed by atoms with Crippen molar-refractivity contribution in [1.29, 1.82) is 0 Å². The first kappa shape index (κ1) is 24.2. The summed E-state index contributed by atoms with van der Waals surface area (Å²) in [5.41, 5.74) is 9.98. The third kappa shape index (κ3) is 6.16. The summed E-state index contributed by atoms with van der Waals surface area (Å²) in [6.45, 7) is 4.45. The maximum atomic E-state index is 13.1. The molecule has 8 heteroatoms. The molecule has 182 valence electrons. The second-order valence-electron chi connectivity index (χ2n) is 9.09. The second kappa shape index (κ2) is 11.0. The normalized spacial score (nSPS) is 13.0. The lowest BCUT2D eigenvalue weighted by Gasteiger charge is -2.20. The van der Waals surface area contributed by atoms with E-state index in [0.717, 1.165) is 33.5 Å². The van der Waals surface area contributed by atoms with Gasteiger partial charge in [0.25, 0.3) is 0 Å². The third-order valence-corrected chi connectivity index (χ3v) is 6.01. The van der Waals surface area contributed by atoms with Gasteiger partial charge in [-0.05, 0) is 23.6 Å². The highest BCUT2D eigenvalue weighted by molar-refractivity contribution is 5.90. The zero-order valence-electron chi connectivity index (χ0n) is 20.0. The van der Waals surface area contributed by atoms with E-state index in [2.05, 4.69) is 25.6 Å². The number of fused-ring (bicyclic) bond motifs is 1. The third-order valence-electron chi connectivity index (χ3n) is 6.01. The Morgan fingerprint density at radius 2 is 1.74 bits per heavy atom. The highest BCUT2D eigenvalue weighted by Crippen LogP contribution is 2.19. The van der Waals surface area contributed by atoms with Crippen LogP contribution in [-0.4, -0.2) is 38.8 Å². The Hall–Kier alpha value is -3.91. The van der Waals surface area contributed by atoms with Gasteiger partial charge in [-0.3, -0.25) is 9.59 Å². The van der Waals surface area contributed by atoms with Gasteiger partial charge in [-0.15, -0.1) is 0 Å². The van der Waals surface area contributed by atoms with Crippen molar-refractivity contribution in [2.45, 2.75) is 51.2 Å². The SMILES string of the molecule is CC(C)c1ncc(C[C@H](NC(=O)[C@@H](N)Cc2c[nH]c3ccccc23)C(=O)NCc2ccccc2)[nH]1. The number of rotatable bonds is 10. The maximum absolute atomic E-state index is 13.1. The molecule has 0 saturated heterocycles. The molecule has 4 rings (SSSR count). The highest BCUT2D eigenvalue weighted by Gasteiger charge is 2.25. The Kier molecular flexibility index (Phi) is 7.62. The summed E-state index contributed by atoms with van der Waals surface area (Å²) in [6, 6.07) is 15.9. The van der Waals surface area contributed by atoms with Gasteiger partial charge in [0.1, 0.15) is 11.9 Å². The molecule has 2 atom stereocenters. The number of aromatic nitrogens is 3. The van der Waals surface area contributed by atoms with Crippen LogP contribution in [0.5, 0.6) is 0 Å². The first-order chi connectivity index (χ1) is 16.9. The number of nitrogens with two attached hydrogens (primary N) is 1. The summed E-state index contributed by atoms with van der Waals surface area (Å²) in [4.78, 5) is 37.0. The highest BCUT2D eigenvalue weighted by atomic mass is 16.2. The average Bonchev–Trinajstić information content (AvgIpc) is 3.50. The molecule has 2 amide bonds. The number of H-pyrrole nitrogens is 2. The summed E-state index contributed by atoms with van der Waals surface area (Å²) in [6.07, 6.45) is 4.23. The quantitative estimate of drug-likeness (QED) is 0.243. The van der Waals surface area contributed by atoms with Gasteiger partial charge in [-0.25, -0.2) is 4.98 Å². The number of carbonyl (C=O) groups is 2. The molecule has 0 aliphatic heterocycles. The fourth-order valence-electron chi connectivity index (χ4n) is 4.02. The van der Waals surface area contributed by atoms with E-state index in [9.17, 15) is 9.59 Å². The van der Waals surface area contributed by atoms with Crippen molar-refractivity contribution in [2.24, 2.45) is 5.73 Å². The Balaban J connectivity index is 1.45. The van der Waals surface area contributed by atoms with E-state index in [1.54, 1.807) is 6.20 Å². The molecule has 0 aliphatic carbocycles. The number of benzene rings is 2. The summed E-state index contributed by atoms with van der Waals surface area (Å²) in [5, 5.41) is 6.83. The lowest BCUT2D eigenvalue weighted by atomic mass is 10.0. The van der Waals surface area contributed by atoms with Gasteiger partial charge in [0, 0.05) is 47.9 Å². The van der Waals surface area contributed by atoms with Crippen LogP contribution in [0, 0.1) is 0 Å². The number of hydrogen-bond acceptors (Lipinski definition) is 4. The number of imidazole rings is 1. The molecule has 0 unspecified atom stereocenters. The van der Waals surface area contributed by atoms with Gasteiger partial charge in [0.2, 0.25) is 11.8 Å². The lowest BCUT2D eigenvalue weighted by molar-refractivity contribution is -0.129. The van der Waals surface area contributed by atoms with Gasteiger partial charge in [-0.2, -0.15) is 0 Å². The summed E-state index contributed by atoms with van der Waals surface area (Å²) in [7, 11) is 0. The molecule has 2 heterocycles. The molecule has 2 aromatic heterocycles. The zero-order valence-corrected chi connectivity index (χ0v) is 20.0. The first-order valence-corrected chi connectivity index (χ1v) is 11.9. The molecule has 0 aliphatic rings. The van der Waals surface area contributed by atoms with Gasteiger partial charge in [0.05, 0.1) is 6.04 Å². The van der Waals surface area contributed by atoms with E-state index in [4.69, 9.17) is 5.73 Å². The van der Waals surface area contributed by atoms with Crippen LogP contribution in [0.25, 0.3) is 10.9 Å². The van der Waals surface area contributed by atoms with Crippen molar-refractivity contribution in [3.63, 3.8) is 0 Å². The predicted octanol–water partition coefficient (Wildman–Crippen LogP) is 2.93. The Morgan fingerprint density at radius 1 is 1.00 bits per heavy atom. The smallest absolute Gasteiger partial charge is 0.243 e. The molecule has 6 N–H and O–H groups in total. The number of nitrogens with zero attached hydrogens (tertiary/aromatic N) is 1. The van der Waals surface area contributed by atoms with Gasteiger partial charge in [0.15, 0.2) is 0 Å². The lowest BCUT2D eigenvalue weighted by Crippen LogP contribution is -2.53. The molecule has 0 radical (unpaired) electrons. The minimum Gasteiger partial charge on any atom is -0.361 e. The van der Waals surface area contributed by atoms with Crippen LogP contribution in [0.3, 0.4) is 0 Å². The molecule has 4 aromatic rings. The van der Waals surface area contributed by atoms with Crippen LogP contribution in [0.2, 0.25) is 0 Å². The second-order valence-corrected chi connectivity index (χ2v) is 9.09. The van der Waals surface area contributed by atoms with Crippen LogP contribution >= 0.6 is 0 Å². The van der Waals surface area contributed by atoms with E-state index in [1.807, 2.05) is 74.6 Å². The van der Waals surface area contributed by atoms with Crippen LogP contribution in [0.1, 0.15) is 42.4 Å². The number of aromatic amines is 2. The Labute approximate surface area is 204 Å². The predicted molar refractivity (Wildman–Crippen MR) is 137 cm³/mol. The van der Waals surface area contributed by atoms with Gasteiger partial charge in [-0.1, -0.05) is 62.4 Å². The fraction of sp³-hybridized carbons (Fsp3) is 0.296. The molecule has 2 aromatic carbocycles. The van der Waals surface area contributed by atoms with Crippen molar-refractivity contribution in [2.75, 3.05) is 0 Å². The number of amides is 2.